The molecule has 0 atom stereocenters. The number of aromatic nitrogens is 3. The molecule has 4 aromatic rings. The van der Waals surface area contributed by atoms with Gasteiger partial charge in [0.25, 0.3) is 6.33 Å². The first kappa shape index (κ1) is 55.9. The van der Waals surface area contributed by atoms with Crippen LogP contribution in [0.2, 0.25) is 15.3 Å². The summed E-state index contributed by atoms with van der Waals surface area (Å²) in [7, 11) is 0. The van der Waals surface area contributed by atoms with Crippen molar-refractivity contribution in [1.29, 1.82) is 0 Å². The van der Waals surface area contributed by atoms with Crippen LogP contribution >= 0.6 is 34.8 Å². The minimum absolute atomic E-state index is 0. The number of hydrogen-bond donors (Lipinski definition) is 0. The van der Waals surface area contributed by atoms with Crippen LogP contribution in [0.4, 0.5) is 0 Å². The molecule has 0 bridgehead atoms. The predicted molar refractivity (Wildman–Crippen MR) is 236 cm³/mol. The summed E-state index contributed by atoms with van der Waals surface area (Å²) in [6.07, 6.45) is 25.8. The molecule has 4 rings (SSSR count). The summed E-state index contributed by atoms with van der Waals surface area (Å²) in [6.45, 7) is 18.5. The van der Waals surface area contributed by atoms with E-state index in [4.69, 9.17) is 34.8 Å². The van der Waals surface area contributed by atoms with Crippen LogP contribution < -0.4 is 29.4 Å². The molecule has 0 spiro atoms. The zero-order valence-corrected chi connectivity index (χ0v) is 41.3. The Labute approximate surface area is 389 Å². The Kier molecular flexibility index (Phi) is 30.3. The van der Waals surface area contributed by atoms with Gasteiger partial charge in [-0.1, -0.05) is 178 Å². The standard InChI is InChI=1S/C43H66Cl2N2.C5H4ClN.2ClH.Pd/c1-9-19-32(20-10-2)36-27-17-28-37(33(21-11-3)22-12-4)40(36)46-31-47(43(45)42(46)44)41-38(34(23-13-5)24-14-6)29-18-30-39(41)35(25-15-7)26-16-8;6-5-2-1-3-7-4-5;;;/h17-18,27-30,32-35H,9-16,19-26H2,1-8H3;1-4H;2*1H;/q;;;;+2/p-2. The Morgan fingerprint density at radius 3 is 1.19 bits per heavy atom. The molecule has 0 radical (unpaired) electrons. The molecule has 0 N–H and O–H groups in total. The van der Waals surface area contributed by atoms with Gasteiger partial charge in [0, 0.05) is 12.4 Å². The van der Waals surface area contributed by atoms with Crippen LogP contribution in [0.1, 0.15) is 204 Å². The number of imidazole rings is 1. The zero-order valence-electron chi connectivity index (χ0n) is 35.9. The maximum absolute atomic E-state index is 7.45. The summed E-state index contributed by atoms with van der Waals surface area (Å²) in [5, 5.41) is 1.83. The first-order valence-corrected chi connectivity index (χ1v) is 22.6. The number of nitrogens with zero attached hydrogens (tertiary/aromatic N) is 3. The van der Waals surface area contributed by atoms with Gasteiger partial charge in [0.1, 0.15) is 0 Å². The minimum atomic E-state index is 0. The van der Waals surface area contributed by atoms with Crippen LogP contribution in [0.15, 0.2) is 60.9 Å². The van der Waals surface area contributed by atoms with Gasteiger partial charge in [-0.2, -0.15) is 0 Å². The number of hydrogen-bond acceptors (Lipinski definition) is 1. The number of pyridine rings is 1. The van der Waals surface area contributed by atoms with Crippen molar-refractivity contribution in [3.05, 3.63) is 105 Å². The molecule has 9 heteroatoms. The van der Waals surface area contributed by atoms with Gasteiger partial charge in [-0.05, 0) is 109 Å². The Balaban J connectivity index is 0.00000282. The number of para-hydroxylation sites is 2. The fourth-order valence-corrected chi connectivity index (χ4v) is 9.16. The van der Waals surface area contributed by atoms with Crippen LogP contribution in [-0.4, -0.2) is 9.55 Å². The van der Waals surface area contributed by atoms with E-state index in [2.05, 4.69) is 112 Å². The summed E-state index contributed by atoms with van der Waals surface area (Å²) in [4.78, 5) is 3.75. The molecule has 3 nitrogen and oxygen atoms in total. The molecule has 0 aliphatic heterocycles. The van der Waals surface area contributed by atoms with Gasteiger partial charge in [-0.25, -0.2) is 0 Å². The van der Waals surface area contributed by atoms with Crippen molar-refractivity contribution >= 4 is 34.8 Å². The molecule has 0 aliphatic rings. The van der Waals surface area contributed by atoms with Crippen molar-refractivity contribution in [2.24, 2.45) is 0 Å². The third-order valence-corrected chi connectivity index (χ3v) is 11.9. The molecule has 2 aromatic carbocycles. The normalized spacial score (nSPS) is 11.0. The summed E-state index contributed by atoms with van der Waals surface area (Å²) in [5.41, 5.74) is 8.07. The summed E-state index contributed by atoms with van der Waals surface area (Å²) >= 11 is 20.4. The van der Waals surface area contributed by atoms with Gasteiger partial charge < -0.3 is 24.8 Å². The first-order valence-electron chi connectivity index (χ1n) is 21.5. The van der Waals surface area contributed by atoms with Crippen molar-refractivity contribution in [2.45, 2.75) is 182 Å². The Morgan fingerprint density at radius 2 is 0.895 bits per heavy atom. The SMILES string of the molecule is CCCC(CCC)c1cccc(C(CCC)CCC)c1-n1[c-][n+](-c2c(C(CCC)CCC)cccc2C(CCC)CCC)c(Cl)c1Cl.Clc1cccnc1.[Cl-].[Cl-].[Pd+2]. The number of halogens is 5. The molecular weight excluding hydrogens is 902 g/mol. The Hall–Kier alpha value is -1.09. The van der Waals surface area contributed by atoms with E-state index in [9.17, 15) is 0 Å². The first-order chi connectivity index (χ1) is 26.3. The molecule has 0 amide bonds. The largest absolute Gasteiger partial charge is 2.00 e. The van der Waals surface area contributed by atoms with Crippen molar-refractivity contribution in [2.75, 3.05) is 0 Å². The molecular formula is C48H70Cl5N3Pd. The molecule has 0 aliphatic carbocycles. The molecule has 0 fully saturated rings. The maximum Gasteiger partial charge on any atom is 2.00 e. The van der Waals surface area contributed by atoms with E-state index in [0.717, 1.165) is 51.4 Å². The molecule has 0 unspecified atom stereocenters. The van der Waals surface area contributed by atoms with E-state index in [1.54, 1.807) is 24.5 Å². The van der Waals surface area contributed by atoms with Gasteiger partial charge in [0.2, 0.25) is 0 Å². The van der Waals surface area contributed by atoms with Crippen LogP contribution in [0.25, 0.3) is 11.4 Å². The smallest absolute Gasteiger partial charge is 1.00 e. The number of rotatable bonds is 22. The Bertz CT molecular complexity index is 1450. The molecule has 322 valence electrons. The van der Waals surface area contributed by atoms with Crippen molar-refractivity contribution in [3.63, 3.8) is 0 Å². The molecule has 2 heterocycles. The van der Waals surface area contributed by atoms with Gasteiger partial charge >= 0.3 is 20.4 Å². The zero-order chi connectivity index (χ0) is 39.5. The molecule has 57 heavy (non-hydrogen) atoms. The van der Waals surface area contributed by atoms with E-state index in [-0.39, 0.29) is 45.2 Å². The summed E-state index contributed by atoms with van der Waals surface area (Å²) in [6, 6.07) is 17.6. The second kappa shape index (κ2) is 30.9. The van der Waals surface area contributed by atoms with Gasteiger partial charge in [0.15, 0.2) is 10.3 Å². The van der Waals surface area contributed by atoms with Gasteiger partial charge in [0.05, 0.1) is 16.4 Å². The van der Waals surface area contributed by atoms with Crippen LogP contribution in [0.3, 0.4) is 0 Å². The topological polar surface area (TPSA) is 21.7 Å². The Morgan fingerprint density at radius 1 is 0.544 bits per heavy atom. The second-order valence-electron chi connectivity index (χ2n) is 15.2. The fourth-order valence-electron chi connectivity index (χ4n) is 8.61. The molecule has 0 saturated heterocycles. The van der Waals surface area contributed by atoms with Crippen molar-refractivity contribution in [1.82, 2.24) is 9.55 Å². The maximum atomic E-state index is 7.45. The molecule has 2 aromatic heterocycles. The average molecular weight is 973 g/mol. The monoisotopic (exact) mass is 969 g/mol. The van der Waals surface area contributed by atoms with Crippen molar-refractivity contribution < 1.29 is 49.8 Å². The van der Waals surface area contributed by atoms with Crippen LogP contribution in [0, 0.1) is 6.33 Å². The van der Waals surface area contributed by atoms with Gasteiger partial charge in [-0.3, -0.25) is 14.1 Å². The summed E-state index contributed by atoms with van der Waals surface area (Å²) < 4.78 is 4.32. The summed E-state index contributed by atoms with van der Waals surface area (Å²) in [5.74, 6) is 1.90. The van der Waals surface area contributed by atoms with Gasteiger partial charge in [-0.15, -0.1) is 0 Å². The quantitative estimate of drug-likeness (QED) is 0.0437. The van der Waals surface area contributed by atoms with E-state index in [0.29, 0.717) is 39.0 Å². The third-order valence-electron chi connectivity index (χ3n) is 10.9. The van der Waals surface area contributed by atoms with E-state index in [1.807, 2.05) is 0 Å². The molecule has 0 saturated carbocycles. The number of benzene rings is 2. The van der Waals surface area contributed by atoms with Crippen molar-refractivity contribution in [3.8, 4) is 11.4 Å². The fraction of sp³-hybridized carbons (Fsp3) is 0.583. The second-order valence-corrected chi connectivity index (χ2v) is 16.3. The third kappa shape index (κ3) is 15.7. The van der Waals surface area contributed by atoms with E-state index in [1.165, 1.54) is 85.0 Å². The van der Waals surface area contributed by atoms with Crippen LogP contribution in [0.5, 0.6) is 0 Å². The predicted octanol–water partition coefficient (Wildman–Crippen LogP) is 10.3. The van der Waals surface area contributed by atoms with E-state index >= 15 is 0 Å². The average Bonchev–Trinajstić information content (AvgIpc) is 3.46. The van der Waals surface area contributed by atoms with E-state index < -0.39 is 0 Å². The van der Waals surface area contributed by atoms with Crippen LogP contribution in [-0.2, 0) is 20.4 Å². The minimum Gasteiger partial charge on any atom is -1.00 e.